The first-order valence-corrected chi connectivity index (χ1v) is 6.16. The van der Waals surface area contributed by atoms with E-state index in [0.717, 1.165) is 0 Å². The van der Waals surface area contributed by atoms with Crippen LogP contribution in [0.1, 0.15) is 31.7 Å². The van der Waals surface area contributed by atoms with Crippen LogP contribution in [-0.2, 0) is 4.74 Å². The molecule has 0 spiro atoms. The lowest BCUT2D eigenvalue weighted by Crippen LogP contribution is -2.19. The maximum Gasteiger partial charge on any atom is 0.264 e. The smallest absolute Gasteiger partial charge is 0.264 e. The van der Waals surface area contributed by atoms with Crippen molar-refractivity contribution in [2.45, 2.75) is 25.9 Å². The molecular weight excluding hydrogens is 307 g/mol. The Morgan fingerprint density at radius 3 is 3.00 bits per heavy atom. The molecule has 0 aromatic carbocycles. The Morgan fingerprint density at radius 2 is 2.47 bits per heavy atom. The van der Waals surface area contributed by atoms with Crippen molar-refractivity contribution in [3.8, 4) is 0 Å². The van der Waals surface area contributed by atoms with Gasteiger partial charge >= 0.3 is 0 Å². The standard InChI is InChI=1S/C10H13IN2O2/c1-2-15-8(6-3-4-6)9-12-5-7(11)10(14)13-9/h5-6,8H,2-4H2,1H3,(H,12,13,14). The lowest BCUT2D eigenvalue weighted by Gasteiger charge is -2.14. The molecule has 1 heterocycles. The molecule has 1 aliphatic carbocycles. The van der Waals surface area contributed by atoms with E-state index < -0.39 is 0 Å². The van der Waals surface area contributed by atoms with Gasteiger partial charge in [-0.05, 0) is 48.3 Å². The first-order chi connectivity index (χ1) is 7.22. The first-order valence-electron chi connectivity index (χ1n) is 5.08. The van der Waals surface area contributed by atoms with Gasteiger partial charge in [0.25, 0.3) is 5.56 Å². The number of nitrogens with one attached hydrogen (secondary N) is 1. The number of hydrogen-bond donors (Lipinski definition) is 1. The van der Waals surface area contributed by atoms with Gasteiger partial charge in [-0.25, -0.2) is 4.98 Å². The van der Waals surface area contributed by atoms with E-state index in [2.05, 4.69) is 9.97 Å². The monoisotopic (exact) mass is 320 g/mol. The molecule has 0 aliphatic heterocycles. The maximum atomic E-state index is 11.4. The van der Waals surface area contributed by atoms with E-state index in [1.165, 1.54) is 12.8 Å². The minimum absolute atomic E-state index is 0.0281. The van der Waals surface area contributed by atoms with E-state index in [-0.39, 0.29) is 11.7 Å². The number of ether oxygens (including phenoxy) is 1. The average Bonchev–Trinajstić information content (AvgIpc) is 3.02. The van der Waals surface area contributed by atoms with E-state index in [4.69, 9.17) is 4.74 Å². The van der Waals surface area contributed by atoms with Gasteiger partial charge in [0, 0.05) is 12.8 Å². The van der Waals surface area contributed by atoms with Crippen LogP contribution in [0.3, 0.4) is 0 Å². The number of aromatic nitrogens is 2. The van der Waals surface area contributed by atoms with Gasteiger partial charge in [0.2, 0.25) is 0 Å². The van der Waals surface area contributed by atoms with Crippen molar-refractivity contribution >= 4 is 22.6 Å². The van der Waals surface area contributed by atoms with Crippen LogP contribution in [0.25, 0.3) is 0 Å². The molecule has 4 nitrogen and oxygen atoms in total. The molecule has 0 amide bonds. The average molecular weight is 320 g/mol. The molecule has 0 radical (unpaired) electrons. The third kappa shape index (κ3) is 2.57. The number of hydrogen-bond acceptors (Lipinski definition) is 3. The number of aromatic amines is 1. The molecular formula is C10H13IN2O2. The lowest BCUT2D eigenvalue weighted by atomic mass is 10.2. The summed E-state index contributed by atoms with van der Waals surface area (Å²) in [4.78, 5) is 18.4. The second-order valence-corrected chi connectivity index (χ2v) is 4.82. The van der Waals surface area contributed by atoms with Crippen LogP contribution in [0.5, 0.6) is 0 Å². The number of halogens is 1. The molecule has 1 N–H and O–H groups in total. The summed E-state index contributed by atoms with van der Waals surface area (Å²) in [5.41, 5.74) is -0.0778. The van der Waals surface area contributed by atoms with E-state index in [1.54, 1.807) is 6.20 Å². The third-order valence-corrected chi connectivity index (χ3v) is 3.21. The topological polar surface area (TPSA) is 55.0 Å². The fourth-order valence-electron chi connectivity index (χ4n) is 1.55. The summed E-state index contributed by atoms with van der Waals surface area (Å²) < 4.78 is 6.23. The van der Waals surface area contributed by atoms with Crippen LogP contribution in [-0.4, -0.2) is 16.6 Å². The quantitative estimate of drug-likeness (QED) is 0.862. The minimum atomic E-state index is -0.0778. The normalized spacial score (nSPS) is 17.7. The molecule has 15 heavy (non-hydrogen) atoms. The van der Waals surface area contributed by atoms with Crippen molar-refractivity contribution in [2.75, 3.05) is 6.61 Å². The highest BCUT2D eigenvalue weighted by atomic mass is 127. The first kappa shape index (κ1) is 11.1. The fraction of sp³-hybridized carbons (Fsp3) is 0.600. The van der Waals surface area contributed by atoms with Gasteiger partial charge in [-0.15, -0.1) is 0 Å². The van der Waals surface area contributed by atoms with Gasteiger partial charge in [0.1, 0.15) is 11.9 Å². The third-order valence-electron chi connectivity index (χ3n) is 2.44. The predicted molar refractivity (Wildman–Crippen MR) is 64.7 cm³/mol. The van der Waals surface area contributed by atoms with Gasteiger partial charge in [-0.3, -0.25) is 4.79 Å². The van der Waals surface area contributed by atoms with Gasteiger partial charge < -0.3 is 9.72 Å². The molecule has 5 heteroatoms. The van der Waals surface area contributed by atoms with E-state index >= 15 is 0 Å². The summed E-state index contributed by atoms with van der Waals surface area (Å²) in [7, 11) is 0. The molecule has 1 unspecified atom stereocenters. The van der Waals surface area contributed by atoms with Crippen LogP contribution >= 0.6 is 22.6 Å². The largest absolute Gasteiger partial charge is 0.370 e. The molecule has 1 atom stereocenters. The Morgan fingerprint density at radius 1 is 1.73 bits per heavy atom. The molecule has 0 bridgehead atoms. The highest BCUT2D eigenvalue weighted by Gasteiger charge is 2.34. The fourth-order valence-corrected chi connectivity index (χ4v) is 1.83. The second-order valence-electron chi connectivity index (χ2n) is 3.66. The van der Waals surface area contributed by atoms with E-state index in [0.29, 0.717) is 21.9 Å². The van der Waals surface area contributed by atoms with E-state index in [9.17, 15) is 4.79 Å². The van der Waals surface area contributed by atoms with Crippen LogP contribution in [0.15, 0.2) is 11.0 Å². The number of rotatable bonds is 4. The zero-order valence-corrected chi connectivity index (χ0v) is 10.7. The summed E-state index contributed by atoms with van der Waals surface area (Å²) in [6.45, 7) is 2.61. The van der Waals surface area contributed by atoms with Crippen molar-refractivity contribution in [3.05, 3.63) is 25.9 Å². The van der Waals surface area contributed by atoms with Crippen molar-refractivity contribution < 1.29 is 4.74 Å². The zero-order valence-electron chi connectivity index (χ0n) is 8.50. The Balaban J connectivity index is 2.25. The highest BCUT2D eigenvalue weighted by molar-refractivity contribution is 14.1. The summed E-state index contributed by atoms with van der Waals surface area (Å²) in [6.07, 6.45) is 3.91. The van der Waals surface area contributed by atoms with Gasteiger partial charge in [-0.1, -0.05) is 0 Å². The molecule has 1 aromatic rings. The number of H-pyrrole nitrogens is 1. The van der Waals surface area contributed by atoms with Crippen LogP contribution in [0.2, 0.25) is 0 Å². The molecule has 1 fully saturated rings. The summed E-state index contributed by atoms with van der Waals surface area (Å²) >= 11 is 1.97. The van der Waals surface area contributed by atoms with Crippen LogP contribution in [0, 0.1) is 9.49 Å². The molecule has 1 saturated carbocycles. The Hall–Kier alpha value is -0.430. The predicted octanol–water partition coefficient (Wildman–Crippen LogP) is 1.86. The Labute approximate surface area is 102 Å². The molecule has 2 rings (SSSR count). The van der Waals surface area contributed by atoms with Gasteiger partial charge in [0.15, 0.2) is 0 Å². The zero-order chi connectivity index (χ0) is 10.8. The SMILES string of the molecule is CCOC(c1ncc(I)c(=O)[nH]1)C1CC1. The molecule has 1 aliphatic rings. The summed E-state index contributed by atoms with van der Waals surface area (Å²) in [6, 6.07) is 0. The van der Waals surface area contributed by atoms with E-state index in [1.807, 2.05) is 29.5 Å². The van der Waals surface area contributed by atoms with Crippen molar-refractivity contribution in [3.63, 3.8) is 0 Å². The maximum absolute atomic E-state index is 11.4. The Bertz CT molecular complexity index is 401. The molecule has 0 saturated heterocycles. The van der Waals surface area contributed by atoms with Crippen molar-refractivity contribution in [1.82, 2.24) is 9.97 Å². The number of nitrogens with zero attached hydrogens (tertiary/aromatic N) is 1. The lowest BCUT2D eigenvalue weighted by molar-refractivity contribution is 0.0398. The molecule has 82 valence electrons. The van der Waals surface area contributed by atoms with Crippen molar-refractivity contribution in [1.29, 1.82) is 0 Å². The van der Waals surface area contributed by atoms with Gasteiger partial charge in [0.05, 0.1) is 3.57 Å². The summed E-state index contributed by atoms with van der Waals surface area (Å²) in [5, 5.41) is 0. The van der Waals surface area contributed by atoms with Gasteiger partial charge in [-0.2, -0.15) is 0 Å². The van der Waals surface area contributed by atoms with Crippen LogP contribution < -0.4 is 5.56 Å². The minimum Gasteiger partial charge on any atom is -0.370 e. The van der Waals surface area contributed by atoms with Crippen LogP contribution in [0.4, 0.5) is 0 Å². The van der Waals surface area contributed by atoms with Crippen molar-refractivity contribution in [2.24, 2.45) is 5.92 Å². The highest BCUT2D eigenvalue weighted by Crippen LogP contribution is 2.41. The second kappa shape index (κ2) is 4.61. The molecule has 1 aromatic heterocycles. The Kier molecular flexibility index (Phi) is 3.40. The summed E-state index contributed by atoms with van der Waals surface area (Å²) in [5.74, 6) is 1.21.